The zero-order chi connectivity index (χ0) is 9.84. The highest BCUT2D eigenvalue weighted by molar-refractivity contribution is 9.10. The molecular formula is C8H7BrFNO2. The highest BCUT2D eigenvalue weighted by Crippen LogP contribution is 2.27. The Morgan fingerprint density at radius 1 is 1.62 bits per heavy atom. The van der Waals surface area contributed by atoms with Crippen LogP contribution >= 0.6 is 15.9 Å². The quantitative estimate of drug-likeness (QED) is 0.496. The molecule has 1 aromatic carbocycles. The van der Waals surface area contributed by atoms with Crippen molar-refractivity contribution in [2.75, 3.05) is 7.11 Å². The van der Waals surface area contributed by atoms with Crippen molar-refractivity contribution in [3.8, 4) is 5.75 Å². The van der Waals surface area contributed by atoms with Gasteiger partial charge in [-0.1, -0.05) is 5.16 Å². The van der Waals surface area contributed by atoms with Crippen LogP contribution in [-0.4, -0.2) is 18.5 Å². The maximum atomic E-state index is 13.1. The molecule has 0 spiro atoms. The minimum Gasteiger partial charge on any atom is -0.496 e. The molecule has 70 valence electrons. The third-order valence-corrected chi connectivity index (χ3v) is 2.09. The Labute approximate surface area is 83.0 Å². The van der Waals surface area contributed by atoms with E-state index in [0.717, 1.165) is 6.21 Å². The van der Waals surface area contributed by atoms with Crippen molar-refractivity contribution in [3.63, 3.8) is 0 Å². The van der Waals surface area contributed by atoms with Gasteiger partial charge >= 0.3 is 0 Å². The molecule has 0 amide bonds. The average molecular weight is 248 g/mol. The smallest absolute Gasteiger partial charge is 0.133 e. The molecule has 0 saturated heterocycles. The number of benzene rings is 1. The van der Waals surface area contributed by atoms with Crippen LogP contribution in [0.25, 0.3) is 0 Å². The van der Waals surface area contributed by atoms with Gasteiger partial charge in [-0.05, 0) is 28.1 Å². The van der Waals surface area contributed by atoms with Crippen molar-refractivity contribution in [1.29, 1.82) is 0 Å². The first-order chi connectivity index (χ1) is 6.19. The molecule has 0 unspecified atom stereocenters. The summed E-state index contributed by atoms with van der Waals surface area (Å²) in [6, 6.07) is 2.68. The van der Waals surface area contributed by atoms with Crippen molar-refractivity contribution in [2.45, 2.75) is 0 Å². The Morgan fingerprint density at radius 3 is 2.85 bits per heavy atom. The van der Waals surface area contributed by atoms with E-state index >= 15 is 0 Å². The summed E-state index contributed by atoms with van der Waals surface area (Å²) >= 11 is 3.12. The van der Waals surface area contributed by atoms with Crippen molar-refractivity contribution < 1.29 is 14.3 Å². The van der Waals surface area contributed by atoms with Gasteiger partial charge in [-0.15, -0.1) is 0 Å². The molecule has 0 heterocycles. The molecule has 0 saturated carbocycles. The molecule has 13 heavy (non-hydrogen) atoms. The second kappa shape index (κ2) is 4.23. The van der Waals surface area contributed by atoms with Crippen LogP contribution in [0.3, 0.4) is 0 Å². The maximum Gasteiger partial charge on any atom is 0.133 e. The number of methoxy groups -OCH3 is 1. The number of halogens is 2. The van der Waals surface area contributed by atoms with E-state index in [1.54, 1.807) is 0 Å². The van der Waals surface area contributed by atoms with Gasteiger partial charge in [0.15, 0.2) is 0 Å². The van der Waals surface area contributed by atoms with Gasteiger partial charge in [0.1, 0.15) is 11.6 Å². The number of nitrogens with zero attached hydrogens (tertiary/aromatic N) is 1. The fourth-order valence-electron chi connectivity index (χ4n) is 0.862. The third kappa shape index (κ3) is 2.18. The van der Waals surface area contributed by atoms with E-state index in [4.69, 9.17) is 9.94 Å². The Balaban J connectivity index is 3.22. The van der Waals surface area contributed by atoms with Gasteiger partial charge in [-0.2, -0.15) is 0 Å². The van der Waals surface area contributed by atoms with Gasteiger partial charge in [0, 0.05) is 5.56 Å². The number of ether oxygens (including phenoxy) is 1. The third-order valence-electron chi connectivity index (χ3n) is 1.47. The van der Waals surface area contributed by atoms with Crippen LogP contribution in [0.2, 0.25) is 0 Å². The second-order valence-corrected chi connectivity index (χ2v) is 3.11. The number of hydrogen-bond acceptors (Lipinski definition) is 3. The van der Waals surface area contributed by atoms with Crippen LogP contribution in [-0.2, 0) is 0 Å². The minimum atomic E-state index is -0.481. The van der Waals surface area contributed by atoms with E-state index in [1.807, 2.05) is 0 Å². The average Bonchev–Trinajstić information content (AvgIpc) is 2.10. The van der Waals surface area contributed by atoms with Crippen molar-refractivity contribution >= 4 is 22.1 Å². The van der Waals surface area contributed by atoms with Crippen LogP contribution in [0.15, 0.2) is 21.8 Å². The summed E-state index contributed by atoms with van der Waals surface area (Å²) in [4.78, 5) is 0. The summed E-state index contributed by atoms with van der Waals surface area (Å²) in [6.07, 6.45) is 1.00. The van der Waals surface area contributed by atoms with Crippen molar-refractivity contribution in [1.82, 2.24) is 0 Å². The zero-order valence-electron chi connectivity index (χ0n) is 6.79. The monoisotopic (exact) mass is 247 g/mol. The topological polar surface area (TPSA) is 41.8 Å². The highest BCUT2D eigenvalue weighted by Gasteiger charge is 2.06. The molecule has 0 aliphatic rings. The van der Waals surface area contributed by atoms with E-state index in [9.17, 15) is 4.39 Å². The lowest BCUT2D eigenvalue weighted by atomic mass is 10.2. The summed E-state index contributed by atoms with van der Waals surface area (Å²) < 4.78 is 18.5. The molecule has 0 fully saturated rings. The molecule has 5 heteroatoms. The van der Waals surface area contributed by atoms with Gasteiger partial charge < -0.3 is 9.94 Å². The van der Waals surface area contributed by atoms with Crippen LogP contribution in [0.5, 0.6) is 5.75 Å². The summed E-state index contributed by atoms with van der Waals surface area (Å²) in [6.45, 7) is 0. The number of rotatable bonds is 2. The zero-order valence-corrected chi connectivity index (χ0v) is 8.38. The lowest BCUT2D eigenvalue weighted by Crippen LogP contribution is -1.92. The molecule has 3 nitrogen and oxygen atoms in total. The van der Waals surface area contributed by atoms with Crippen LogP contribution in [0.1, 0.15) is 5.56 Å². The second-order valence-electron chi connectivity index (χ2n) is 2.25. The standard InChI is InChI=1S/C8H7BrFNO2/c1-13-8-2-5(4-11-12)7(10)3-6(8)9/h2-4,12H,1H3/b11-4+. The number of oxime groups is 1. The van der Waals surface area contributed by atoms with Gasteiger partial charge in [-0.25, -0.2) is 4.39 Å². The van der Waals surface area contributed by atoms with Gasteiger partial charge in [-0.3, -0.25) is 0 Å². The summed E-state index contributed by atoms with van der Waals surface area (Å²) in [7, 11) is 1.47. The van der Waals surface area contributed by atoms with Crippen LogP contribution in [0.4, 0.5) is 4.39 Å². The SMILES string of the molecule is COc1cc(/C=N/O)c(F)cc1Br. The number of hydrogen-bond donors (Lipinski definition) is 1. The summed E-state index contributed by atoms with van der Waals surface area (Å²) in [5, 5.41) is 11.0. The van der Waals surface area contributed by atoms with E-state index in [0.29, 0.717) is 10.2 Å². The highest BCUT2D eigenvalue weighted by atomic mass is 79.9. The Kier molecular flexibility index (Phi) is 3.25. The van der Waals surface area contributed by atoms with Gasteiger partial charge in [0.2, 0.25) is 0 Å². The molecule has 0 aliphatic heterocycles. The van der Waals surface area contributed by atoms with Crippen LogP contribution < -0.4 is 4.74 Å². The molecule has 1 rings (SSSR count). The summed E-state index contributed by atoms with van der Waals surface area (Å²) in [5.74, 6) is 0.00164. The fourth-order valence-corrected chi connectivity index (χ4v) is 1.34. The lowest BCUT2D eigenvalue weighted by Gasteiger charge is -2.04. The largest absolute Gasteiger partial charge is 0.496 e. The Hall–Kier alpha value is -1.10. The molecule has 0 bridgehead atoms. The van der Waals surface area contributed by atoms with E-state index in [2.05, 4.69) is 21.1 Å². The molecule has 0 aromatic heterocycles. The summed E-state index contributed by atoms with van der Waals surface area (Å²) in [5.41, 5.74) is 0.169. The normalized spacial score (nSPS) is 10.7. The van der Waals surface area contributed by atoms with E-state index in [-0.39, 0.29) is 5.56 Å². The Morgan fingerprint density at radius 2 is 2.31 bits per heavy atom. The first-order valence-corrected chi connectivity index (χ1v) is 4.18. The molecular weight excluding hydrogens is 241 g/mol. The molecule has 1 aromatic rings. The molecule has 0 aliphatic carbocycles. The van der Waals surface area contributed by atoms with E-state index < -0.39 is 5.82 Å². The fraction of sp³-hybridized carbons (Fsp3) is 0.125. The minimum absolute atomic E-state index is 0.169. The van der Waals surface area contributed by atoms with Crippen molar-refractivity contribution in [2.24, 2.45) is 5.16 Å². The lowest BCUT2D eigenvalue weighted by molar-refractivity contribution is 0.321. The Bertz CT molecular complexity index is 341. The predicted molar refractivity (Wildman–Crippen MR) is 50.0 cm³/mol. The molecule has 0 radical (unpaired) electrons. The van der Waals surface area contributed by atoms with Crippen molar-refractivity contribution in [3.05, 3.63) is 28.0 Å². The van der Waals surface area contributed by atoms with Gasteiger partial charge in [0.25, 0.3) is 0 Å². The first kappa shape index (κ1) is 9.98. The van der Waals surface area contributed by atoms with Gasteiger partial charge in [0.05, 0.1) is 17.8 Å². The first-order valence-electron chi connectivity index (χ1n) is 3.39. The maximum absolute atomic E-state index is 13.1. The van der Waals surface area contributed by atoms with Crippen LogP contribution in [0, 0.1) is 5.82 Å². The van der Waals surface area contributed by atoms with E-state index in [1.165, 1.54) is 19.2 Å². The predicted octanol–water partition coefficient (Wildman–Crippen LogP) is 2.40. The molecule has 0 atom stereocenters. The molecule has 1 N–H and O–H groups in total.